The predicted molar refractivity (Wildman–Crippen MR) is 54.0 cm³/mol. The zero-order chi connectivity index (χ0) is 9.97. The van der Waals surface area contributed by atoms with Crippen LogP contribution in [-0.4, -0.2) is 5.21 Å². The zero-order valence-corrected chi connectivity index (χ0v) is 8.01. The lowest BCUT2D eigenvalue weighted by Gasteiger charge is -1.97. The van der Waals surface area contributed by atoms with E-state index in [9.17, 15) is 5.21 Å². The lowest BCUT2D eigenvalue weighted by atomic mass is 10.1. The molecule has 0 amide bonds. The van der Waals surface area contributed by atoms with Gasteiger partial charge in [-0.2, -0.15) is 0 Å². The second kappa shape index (κ2) is 3.50. The maximum Gasteiger partial charge on any atom is 0.264 e. The molecule has 0 saturated carbocycles. The highest BCUT2D eigenvalue weighted by atomic mass is 16.5. The van der Waals surface area contributed by atoms with E-state index in [0.29, 0.717) is 0 Å². The van der Waals surface area contributed by atoms with Gasteiger partial charge in [0.25, 0.3) is 5.69 Å². The van der Waals surface area contributed by atoms with Crippen molar-refractivity contribution in [1.29, 1.82) is 0 Å². The van der Waals surface area contributed by atoms with Crippen molar-refractivity contribution in [2.75, 3.05) is 0 Å². The lowest BCUT2D eigenvalue weighted by molar-refractivity contribution is -0.896. The third-order valence-electron chi connectivity index (χ3n) is 2.15. The summed E-state index contributed by atoms with van der Waals surface area (Å²) in [6.45, 7) is 1.95. The summed E-state index contributed by atoms with van der Waals surface area (Å²) < 4.78 is 1.16. The van der Waals surface area contributed by atoms with E-state index >= 15 is 0 Å². The average molecular weight is 186 g/mol. The smallest absolute Gasteiger partial charge is 0.264 e. The summed E-state index contributed by atoms with van der Waals surface area (Å²) in [4.78, 5) is 0. The molecule has 2 heteroatoms. The monoisotopic (exact) mass is 186 g/mol. The highest BCUT2D eigenvalue weighted by molar-refractivity contribution is 5.55. The van der Waals surface area contributed by atoms with E-state index in [0.717, 1.165) is 21.6 Å². The van der Waals surface area contributed by atoms with Crippen molar-refractivity contribution in [2.24, 2.45) is 0 Å². The number of benzene rings is 1. The highest BCUT2D eigenvalue weighted by Gasteiger charge is 2.11. The van der Waals surface area contributed by atoms with Gasteiger partial charge < -0.3 is 0 Å². The van der Waals surface area contributed by atoms with E-state index in [4.69, 9.17) is 0 Å². The molecular weight excluding hydrogens is 174 g/mol. The third kappa shape index (κ3) is 1.59. The summed E-state index contributed by atoms with van der Waals surface area (Å²) in [7, 11) is 0. The summed E-state index contributed by atoms with van der Waals surface area (Å²) in [5.41, 5.74) is 2.85. The first-order valence-electron chi connectivity index (χ1n) is 4.54. The fourth-order valence-corrected chi connectivity index (χ4v) is 1.43. The van der Waals surface area contributed by atoms with Crippen molar-refractivity contribution < 1.29 is 9.94 Å². The zero-order valence-electron chi connectivity index (χ0n) is 8.01. The molecule has 0 spiro atoms. The van der Waals surface area contributed by atoms with Crippen LogP contribution in [0.15, 0.2) is 48.7 Å². The topological polar surface area (TPSA) is 24.1 Å². The van der Waals surface area contributed by atoms with Gasteiger partial charge >= 0.3 is 0 Å². The number of pyridine rings is 1. The third-order valence-corrected chi connectivity index (χ3v) is 2.15. The van der Waals surface area contributed by atoms with E-state index in [1.165, 1.54) is 0 Å². The van der Waals surface area contributed by atoms with Crippen LogP contribution in [0.2, 0.25) is 0 Å². The molecule has 2 rings (SSSR count). The fourth-order valence-electron chi connectivity index (χ4n) is 1.43. The minimum absolute atomic E-state index is 0.802. The van der Waals surface area contributed by atoms with Crippen molar-refractivity contribution in [3.8, 4) is 11.3 Å². The number of aromatic nitrogens is 1. The number of nitrogens with zero attached hydrogens (tertiary/aromatic N) is 1. The standard InChI is InChI=1S/C12H12NO/c1-10-7-8-12(13(14)9-10)11-5-3-2-4-6-11/h2-9,14H,1H3/q+1. The first-order valence-corrected chi connectivity index (χ1v) is 4.54. The Morgan fingerprint density at radius 3 is 2.36 bits per heavy atom. The molecule has 70 valence electrons. The van der Waals surface area contributed by atoms with Crippen molar-refractivity contribution in [1.82, 2.24) is 0 Å². The minimum Gasteiger partial charge on any atom is -0.285 e. The van der Waals surface area contributed by atoms with E-state index in [1.54, 1.807) is 6.20 Å². The Morgan fingerprint density at radius 2 is 1.71 bits per heavy atom. The Hall–Kier alpha value is -1.83. The first-order chi connectivity index (χ1) is 6.77. The van der Waals surface area contributed by atoms with Gasteiger partial charge in [-0.05, 0) is 25.1 Å². The van der Waals surface area contributed by atoms with Gasteiger partial charge in [0.15, 0.2) is 0 Å². The largest absolute Gasteiger partial charge is 0.285 e. The van der Waals surface area contributed by atoms with Crippen LogP contribution in [0.5, 0.6) is 0 Å². The number of aryl methyl sites for hydroxylation is 1. The summed E-state index contributed by atoms with van der Waals surface area (Å²) in [5.74, 6) is 0. The van der Waals surface area contributed by atoms with Crippen LogP contribution in [0, 0.1) is 6.92 Å². The fraction of sp³-hybridized carbons (Fsp3) is 0.0833. The van der Waals surface area contributed by atoms with Crippen LogP contribution >= 0.6 is 0 Å². The molecule has 1 heterocycles. The molecule has 0 aliphatic heterocycles. The number of hydrogen-bond acceptors (Lipinski definition) is 1. The van der Waals surface area contributed by atoms with Crippen molar-refractivity contribution in [2.45, 2.75) is 6.92 Å². The predicted octanol–water partition coefficient (Wildman–Crippen LogP) is 2.19. The van der Waals surface area contributed by atoms with Crippen LogP contribution in [0.3, 0.4) is 0 Å². The molecule has 0 aliphatic carbocycles. The Bertz CT molecular complexity index is 437. The summed E-state index contributed by atoms with van der Waals surface area (Å²) >= 11 is 0. The summed E-state index contributed by atoms with van der Waals surface area (Å²) in [5, 5.41) is 9.66. The average Bonchev–Trinajstić information content (AvgIpc) is 2.19. The molecule has 2 aromatic rings. The number of rotatable bonds is 1. The summed E-state index contributed by atoms with van der Waals surface area (Å²) in [6.07, 6.45) is 1.70. The normalized spacial score (nSPS) is 10.1. The highest BCUT2D eigenvalue weighted by Crippen LogP contribution is 2.13. The Labute approximate surface area is 83.0 Å². The molecule has 0 fully saturated rings. The second-order valence-electron chi connectivity index (χ2n) is 3.30. The molecule has 0 saturated heterocycles. The van der Waals surface area contributed by atoms with Crippen molar-refractivity contribution >= 4 is 0 Å². The van der Waals surface area contributed by atoms with Crippen LogP contribution in [0.4, 0.5) is 0 Å². The van der Waals surface area contributed by atoms with Crippen molar-refractivity contribution in [3.05, 3.63) is 54.2 Å². The molecule has 1 aromatic heterocycles. The second-order valence-corrected chi connectivity index (χ2v) is 3.30. The lowest BCUT2D eigenvalue weighted by Crippen LogP contribution is -2.32. The molecule has 14 heavy (non-hydrogen) atoms. The molecular formula is C12H12NO+. The van der Waals surface area contributed by atoms with Gasteiger partial charge in [-0.3, -0.25) is 5.21 Å². The van der Waals surface area contributed by atoms with E-state index < -0.39 is 0 Å². The van der Waals surface area contributed by atoms with Gasteiger partial charge in [0, 0.05) is 16.4 Å². The summed E-state index contributed by atoms with van der Waals surface area (Å²) in [6, 6.07) is 13.7. The van der Waals surface area contributed by atoms with E-state index in [1.807, 2.05) is 49.4 Å². The van der Waals surface area contributed by atoms with Gasteiger partial charge in [-0.1, -0.05) is 18.2 Å². The Morgan fingerprint density at radius 1 is 1.00 bits per heavy atom. The van der Waals surface area contributed by atoms with Crippen molar-refractivity contribution in [3.63, 3.8) is 0 Å². The first kappa shape index (κ1) is 8.75. The Kier molecular flexibility index (Phi) is 2.19. The van der Waals surface area contributed by atoms with E-state index in [2.05, 4.69) is 0 Å². The quantitative estimate of drug-likeness (QED) is 0.535. The molecule has 2 nitrogen and oxygen atoms in total. The maximum atomic E-state index is 9.66. The SMILES string of the molecule is Cc1ccc(-c2ccccc2)[n+](O)c1. The van der Waals surface area contributed by atoms with Gasteiger partial charge in [-0.25, -0.2) is 0 Å². The van der Waals surface area contributed by atoms with Gasteiger partial charge in [0.1, 0.15) is 0 Å². The molecule has 0 radical (unpaired) electrons. The molecule has 0 atom stereocenters. The van der Waals surface area contributed by atoms with Gasteiger partial charge in [0.05, 0.1) is 5.56 Å². The molecule has 0 unspecified atom stereocenters. The molecule has 0 bridgehead atoms. The van der Waals surface area contributed by atoms with Gasteiger partial charge in [-0.15, -0.1) is 0 Å². The Balaban J connectivity index is 2.53. The molecule has 0 aliphatic rings. The van der Waals surface area contributed by atoms with Crippen LogP contribution in [0.1, 0.15) is 5.56 Å². The van der Waals surface area contributed by atoms with E-state index in [-0.39, 0.29) is 0 Å². The molecule has 1 aromatic carbocycles. The van der Waals surface area contributed by atoms with Crippen LogP contribution < -0.4 is 4.73 Å². The van der Waals surface area contributed by atoms with Gasteiger partial charge in [0.2, 0.25) is 6.20 Å². The minimum atomic E-state index is 0.802. The van der Waals surface area contributed by atoms with Crippen LogP contribution in [-0.2, 0) is 0 Å². The number of hydrogen-bond donors (Lipinski definition) is 1. The van der Waals surface area contributed by atoms with Crippen LogP contribution in [0.25, 0.3) is 11.3 Å². The molecule has 1 N–H and O–H groups in total. The maximum absolute atomic E-state index is 9.66.